The molecule has 138 valence electrons. The minimum absolute atomic E-state index is 0.0393. The molecule has 0 atom stereocenters. The van der Waals surface area contributed by atoms with Crippen LogP contribution in [-0.2, 0) is 16.1 Å². The lowest BCUT2D eigenvalue weighted by Gasteiger charge is -2.02. The zero-order valence-electron chi connectivity index (χ0n) is 14.0. The molecule has 0 unspecified atom stereocenters. The molecular weight excluding hydrogens is 391 g/mol. The Morgan fingerprint density at radius 1 is 1.00 bits per heavy atom. The van der Waals surface area contributed by atoms with Gasteiger partial charge in [0, 0.05) is 17.0 Å². The minimum Gasteiger partial charge on any atom is -0.457 e. The molecule has 0 amide bonds. The van der Waals surface area contributed by atoms with Crippen molar-refractivity contribution in [2.75, 3.05) is 0 Å². The molecule has 0 saturated heterocycles. The van der Waals surface area contributed by atoms with Gasteiger partial charge in [-0.15, -0.1) is 0 Å². The van der Waals surface area contributed by atoms with Crippen molar-refractivity contribution in [3.8, 4) is 11.5 Å². The van der Waals surface area contributed by atoms with Gasteiger partial charge < -0.3 is 9.26 Å². The molecule has 3 aromatic rings. The van der Waals surface area contributed by atoms with Crippen molar-refractivity contribution < 1.29 is 18.8 Å². The predicted molar refractivity (Wildman–Crippen MR) is 99.6 cm³/mol. The lowest BCUT2D eigenvalue weighted by molar-refractivity contribution is -0.145. The number of hydrogen-bond donors (Lipinski definition) is 0. The Hall–Kier alpha value is -2.70. The van der Waals surface area contributed by atoms with Gasteiger partial charge in [-0.25, -0.2) is 0 Å². The molecule has 0 bridgehead atoms. The van der Waals surface area contributed by atoms with E-state index in [-0.39, 0.29) is 36.9 Å². The average Bonchev–Trinajstić information content (AvgIpc) is 3.14. The Morgan fingerprint density at radius 2 is 1.74 bits per heavy atom. The van der Waals surface area contributed by atoms with Crippen molar-refractivity contribution in [3.05, 3.63) is 70.0 Å². The van der Waals surface area contributed by atoms with Crippen LogP contribution in [0.3, 0.4) is 0 Å². The highest BCUT2D eigenvalue weighted by Gasteiger charge is 2.14. The van der Waals surface area contributed by atoms with E-state index < -0.39 is 5.97 Å². The van der Waals surface area contributed by atoms with Gasteiger partial charge in [-0.05, 0) is 36.4 Å². The van der Waals surface area contributed by atoms with E-state index in [0.717, 1.165) is 0 Å². The molecule has 0 aliphatic heterocycles. The molecular formula is C19H14Cl2N2O4. The summed E-state index contributed by atoms with van der Waals surface area (Å²) >= 11 is 11.9. The molecule has 27 heavy (non-hydrogen) atoms. The van der Waals surface area contributed by atoms with Gasteiger partial charge in [0.1, 0.15) is 0 Å². The van der Waals surface area contributed by atoms with Crippen molar-refractivity contribution in [1.29, 1.82) is 0 Å². The molecule has 0 aliphatic carbocycles. The third-order valence-electron chi connectivity index (χ3n) is 3.66. The molecule has 0 aliphatic rings. The lowest BCUT2D eigenvalue weighted by atomic mass is 10.1. The Balaban J connectivity index is 1.49. The van der Waals surface area contributed by atoms with Crippen LogP contribution in [0.4, 0.5) is 0 Å². The van der Waals surface area contributed by atoms with Crippen LogP contribution in [0.2, 0.25) is 10.0 Å². The second-order valence-corrected chi connectivity index (χ2v) is 6.43. The Morgan fingerprint density at radius 3 is 2.48 bits per heavy atom. The SMILES string of the molecule is O=C(CCC(=O)c1ccc(Cl)cc1)OCc1noc(-c2ccccc2Cl)n1. The zero-order valence-corrected chi connectivity index (χ0v) is 15.5. The summed E-state index contributed by atoms with van der Waals surface area (Å²) in [6.45, 7) is -0.151. The number of halogens is 2. The lowest BCUT2D eigenvalue weighted by Crippen LogP contribution is -2.08. The number of hydrogen-bond acceptors (Lipinski definition) is 6. The fourth-order valence-corrected chi connectivity index (χ4v) is 2.61. The largest absolute Gasteiger partial charge is 0.457 e. The van der Waals surface area contributed by atoms with Gasteiger partial charge in [0.05, 0.1) is 17.0 Å². The van der Waals surface area contributed by atoms with Crippen molar-refractivity contribution in [3.63, 3.8) is 0 Å². The molecule has 1 heterocycles. The second kappa shape index (κ2) is 8.79. The summed E-state index contributed by atoms with van der Waals surface area (Å²) in [5.74, 6) is -0.238. The number of nitrogens with zero attached hydrogens (tertiary/aromatic N) is 2. The van der Waals surface area contributed by atoms with Gasteiger partial charge in [0.2, 0.25) is 5.82 Å². The van der Waals surface area contributed by atoms with E-state index in [0.29, 0.717) is 21.2 Å². The summed E-state index contributed by atoms with van der Waals surface area (Å²) < 4.78 is 10.2. The van der Waals surface area contributed by atoms with Crippen LogP contribution in [0.15, 0.2) is 53.1 Å². The van der Waals surface area contributed by atoms with E-state index in [4.69, 9.17) is 32.5 Å². The normalized spacial score (nSPS) is 10.6. The van der Waals surface area contributed by atoms with E-state index in [9.17, 15) is 9.59 Å². The molecule has 6 nitrogen and oxygen atoms in total. The molecule has 0 fully saturated rings. The van der Waals surface area contributed by atoms with E-state index in [1.54, 1.807) is 48.5 Å². The van der Waals surface area contributed by atoms with Crippen molar-refractivity contribution in [1.82, 2.24) is 10.1 Å². The third-order valence-corrected chi connectivity index (χ3v) is 4.24. The molecule has 2 aromatic carbocycles. The smallest absolute Gasteiger partial charge is 0.306 e. The topological polar surface area (TPSA) is 82.3 Å². The summed E-state index contributed by atoms with van der Waals surface area (Å²) in [7, 11) is 0. The maximum Gasteiger partial charge on any atom is 0.306 e. The van der Waals surface area contributed by atoms with Gasteiger partial charge in [0.15, 0.2) is 12.4 Å². The Labute approximate surface area is 165 Å². The summed E-state index contributed by atoms with van der Waals surface area (Å²) in [6, 6.07) is 13.5. The first-order chi connectivity index (χ1) is 13.0. The fraction of sp³-hybridized carbons (Fsp3) is 0.158. The highest BCUT2D eigenvalue weighted by atomic mass is 35.5. The highest BCUT2D eigenvalue weighted by molar-refractivity contribution is 6.33. The molecule has 0 N–H and O–H groups in total. The van der Waals surface area contributed by atoms with Crippen LogP contribution in [0.25, 0.3) is 11.5 Å². The van der Waals surface area contributed by atoms with Crippen molar-refractivity contribution >= 4 is 35.0 Å². The second-order valence-electron chi connectivity index (χ2n) is 5.59. The summed E-state index contributed by atoms with van der Waals surface area (Å²) in [5, 5.41) is 4.78. The highest BCUT2D eigenvalue weighted by Crippen LogP contribution is 2.25. The van der Waals surface area contributed by atoms with E-state index in [1.807, 2.05) is 0 Å². The van der Waals surface area contributed by atoms with Crippen molar-refractivity contribution in [2.24, 2.45) is 0 Å². The standard InChI is InChI=1S/C19H14Cl2N2O4/c20-13-7-5-12(6-8-13)16(24)9-10-18(25)26-11-17-22-19(27-23-17)14-3-1-2-4-15(14)21/h1-8H,9-11H2. The van der Waals surface area contributed by atoms with Crippen LogP contribution < -0.4 is 0 Å². The van der Waals surface area contributed by atoms with Crippen LogP contribution in [0, 0.1) is 0 Å². The van der Waals surface area contributed by atoms with Crippen molar-refractivity contribution in [2.45, 2.75) is 19.4 Å². The summed E-state index contributed by atoms with van der Waals surface area (Å²) in [5.41, 5.74) is 1.09. The summed E-state index contributed by atoms with van der Waals surface area (Å²) in [4.78, 5) is 28.0. The first kappa shape index (κ1) is 19.1. The van der Waals surface area contributed by atoms with E-state index >= 15 is 0 Å². The number of ketones is 1. The number of aromatic nitrogens is 2. The molecule has 0 radical (unpaired) electrons. The summed E-state index contributed by atoms with van der Waals surface area (Å²) in [6.07, 6.45) is -0.00569. The molecule has 8 heteroatoms. The van der Waals surface area contributed by atoms with Gasteiger partial charge in [0.25, 0.3) is 5.89 Å². The van der Waals surface area contributed by atoms with Crippen LogP contribution in [0.1, 0.15) is 29.0 Å². The Bertz CT molecular complexity index is 954. The first-order valence-electron chi connectivity index (χ1n) is 8.05. The monoisotopic (exact) mass is 404 g/mol. The average molecular weight is 405 g/mol. The van der Waals surface area contributed by atoms with Gasteiger partial charge in [-0.3, -0.25) is 9.59 Å². The Kier molecular flexibility index (Phi) is 6.21. The van der Waals surface area contributed by atoms with Crippen LogP contribution in [0.5, 0.6) is 0 Å². The number of carbonyl (C=O) groups excluding carboxylic acids is 2. The zero-order chi connectivity index (χ0) is 19.2. The molecule has 3 rings (SSSR count). The van der Waals surface area contributed by atoms with Gasteiger partial charge in [-0.1, -0.05) is 40.5 Å². The first-order valence-corrected chi connectivity index (χ1v) is 8.80. The van der Waals surface area contributed by atoms with E-state index in [1.165, 1.54) is 0 Å². The third kappa shape index (κ3) is 5.15. The molecule has 1 aromatic heterocycles. The predicted octanol–water partition coefficient (Wildman–Crippen LogP) is 4.75. The van der Waals surface area contributed by atoms with Gasteiger partial charge in [-0.2, -0.15) is 4.98 Å². The maximum absolute atomic E-state index is 12.0. The van der Waals surface area contributed by atoms with Crippen LogP contribution in [-0.4, -0.2) is 21.9 Å². The van der Waals surface area contributed by atoms with Gasteiger partial charge >= 0.3 is 5.97 Å². The number of carbonyl (C=O) groups is 2. The molecule has 0 saturated carbocycles. The fourth-order valence-electron chi connectivity index (χ4n) is 2.27. The quantitative estimate of drug-likeness (QED) is 0.417. The number of benzene rings is 2. The molecule has 0 spiro atoms. The van der Waals surface area contributed by atoms with Crippen LogP contribution >= 0.6 is 23.2 Å². The number of Topliss-reactive ketones (excluding diaryl/α,β-unsaturated/α-hetero) is 1. The number of ether oxygens (including phenoxy) is 1. The van der Waals surface area contributed by atoms with E-state index in [2.05, 4.69) is 10.1 Å². The number of esters is 1. The number of rotatable bonds is 7. The minimum atomic E-state index is -0.526. The maximum atomic E-state index is 12.0.